The van der Waals surface area contributed by atoms with Gasteiger partial charge in [0.1, 0.15) is 11.2 Å². The molecule has 48 heavy (non-hydrogen) atoms. The van der Waals surface area contributed by atoms with Gasteiger partial charge in [0.05, 0.1) is 17.1 Å². The van der Waals surface area contributed by atoms with Crippen molar-refractivity contribution >= 4 is 49.8 Å². The van der Waals surface area contributed by atoms with Gasteiger partial charge in [-0.2, -0.15) is 0 Å². The monoisotopic (exact) mass is 617 g/mol. The maximum atomic E-state index is 6.66. The van der Waals surface area contributed by atoms with E-state index < -0.39 is 0 Å². The summed E-state index contributed by atoms with van der Waals surface area (Å²) < 4.78 is 6.66. The fraction of sp³-hybridized carbons (Fsp3) is 0.130. The molecule has 0 N–H and O–H groups in total. The Morgan fingerprint density at radius 1 is 0.417 bits per heavy atom. The smallest absolute Gasteiger partial charge is 0.138 e. The topological polar surface area (TPSA) is 16.4 Å². The molecular formula is C46H35NO. The molecule has 0 unspecified atom stereocenters. The number of benzene rings is 7. The SMILES string of the molecule is CC1(C)c2ccccc2-c2c(N(c3cccc4c3-c3ccccc3C4(C)C)c3cc4oc5ccccc5c4c4ccccc34)cccc21. The molecule has 0 saturated carbocycles. The molecule has 230 valence electrons. The van der Waals surface area contributed by atoms with Crippen LogP contribution in [-0.2, 0) is 10.8 Å². The van der Waals surface area contributed by atoms with Gasteiger partial charge in [-0.05, 0) is 57.0 Å². The van der Waals surface area contributed by atoms with Gasteiger partial charge in [0.2, 0.25) is 0 Å². The quantitative estimate of drug-likeness (QED) is 0.196. The molecule has 0 fully saturated rings. The highest BCUT2D eigenvalue weighted by Gasteiger charge is 2.41. The highest BCUT2D eigenvalue weighted by Crippen LogP contribution is 2.58. The molecule has 0 atom stereocenters. The number of hydrogen-bond acceptors (Lipinski definition) is 2. The molecule has 10 rings (SSSR count). The lowest BCUT2D eigenvalue weighted by atomic mass is 9.82. The van der Waals surface area contributed by atoms with Crippen LogP contribution < -0.4 is 4.90 Å². The summed E-state index contributed by atoms with van der Waals surface area (Å²) in [7, 11) is 0. The number of furan rings is 1. The van der Waals surface area contributed by atoms with Crippen LogP contribution in [0.2, 0.25) is 0 Å². The van der Waals surface area contributed by atoms with Gasteiger partial charge in [-0.3, -0.25) is 0 Å². The van der Waals surface area contributed by atoms with Crippen LogP contribution >= 0.6 is 0 Å². The molecule has 1 aromatic heterocycles. The number of fused-ring (bicyclic) bond motifs is 11. The molecule has 2 nitrogen and oxygen atoms in total. The summed E-state index contributed by atoms with van der Waals surface area (Å²) in [4.78, 5) is 2.54. The summed E-state index contributed by atoms with van der Waals surface area (Å²) in [6, 6.07) is 51.3. The first-order valence-electron chi connectivity index (χ1n) is 17.0. The van der Waals surface area contributed by atoms with E-state index in [9.17, 15) is 0 Å². The summed E-state index contributed by atoms with van der Waals surface area (Å²) in [5.74, 6) is 0. The van der Waals surface area contributed by atoms with E-state index >= 15 is 0 Å². The zero-order valence-electron chi connectivity index (χ0n) is 27.6. The minimum atomic E-state index is -0.119. The number of hydrogen-bond donors (Lipinski definition) is 0. The normalized spacial score (nSPS) is 15.0. The molecule has 2 heteroatoms. The molecule has 8 aromatic rings. The average Bonchev–Trinajstić information content (AvgIpc) is 3.69. The van der Waals surface area contributed by atoms with Gasteiger partial charge in [0, 0.05) is 44.2 Å². The van der Waals surface area contributed by atoms with Crippen molar-refractivity contribution in [3.63, 3.8) is 0 Å². The van der Waals surface area contributed by atoms with Gasteiger partial charge in [-0.15, -0.1) is 0 Å². The van der Waals surface area contributed by atoms with Gasteiger partial charge in [-0.1, -0.05) is 143 Å². The predicted octanol–water partition coefficient (Wildman–Crippen LogP) is 12.8. The summed E-state index contributed by atoms with van der Waals surface area (Å²) in [5.41, 5.74) is 15.7. The summed E-state index contributed by atoms with van der Waals surface area (Å²) in [5, 5.41) is 4.71. The van der Waals surface area contributed by atoms with Crippen molar-refractivity contribution in [3.8, 4) is 22.3 Å². The van der Waals surface area contributed by atoms with Gasteiger partial charge >= 0.3 is 0 Å². The van der Waals surface area contributed by atoms with E-state index in [4.69, 9.17) is 4.42 Å². The summed E-state index contributed by atoms with van der Waals surface area (Å²) in [6.07, 6.45) is 0. The largest absolute Gasteiger partial charge is 0.456 e. The second kappa shape index (κ2) is 9.49. The highest BCUT2D eigenvalue weighted by molar-refractivity contribution is 6.23. The van der Waals surface area contributed by atoms with E-state index in [1.54, 1.807) is 0 Å². The number of para-hydroxylation sites is 1. The number of anilines is 3. The van der Waals surface area contributed by atoms with E-state index in [1.165, 1.54) is 72.0 Å². The second-order valence-electron chi connectivity index (χ2n) is 14.5. The van der Waals surface area contributed by atoms with Gasteiger partial charge in [0.15, 0.2) is 0 Å². The first-order valence-corrected chi connectivity index (χ1v) is 17.0. The predicted molar refractivity (Wildman–Crippen MR) is 201 cm³/mol. The standard InChI is InChI=1S/C46H35NO/c1-45(2)33-20-10-7-17-30(33)43-35(45)22-13-24-37(43)47(38-25-14-23-36-44(38)31-18-8-11-21-34(31)46(36,3)4)39-27-41-42(29-16-6-5-15-28(29)39)32-19-9-12-26-40(32)48-41/h5-27H,1-4H3. The highest BCUT2D eigenvalue weighted by atomic mass is 16.3. The Morgan fingerprint density at radius 3 is 1.50 bits per heavy atom. The lowest BCUT2D eigenvalue weighted by molar-refractivity contribution is 0.660. The Kier molecular flexibility index (Phi) is 5.44. The van der Waals surface area contributed by atoms with Crippen molar-refractivity contribution in [3.05, 3.63) is 162 Å². The van der Waals surface area contributed by atoms with Crippen molar-refractivity contribution in [1.29, 1.82) is 0 Å². The molecule has 7 aromatic carbocycles. The van der Waals surface area contributed by atoms with Crippen LogP contribution in [0.3, 0.4) is 0 Å². The van der Waals surface area contributed by atoms with E-state index in [0.29, 0.717) is 0 Å². The Morgan fingerprint density at radius 2 is 0.896 bits per heavy atom. The molecule has 2 aliphatic rings. The maximum absolute atomic E-state index is 6.66. The molecule has 0 aliphatic heterocycles. The zero-order valence-corrected chi connectivity index (χ0v) is 27.6. The molecule has 0 amide bonds. The van der Waals surface area contributed by atoms with E-state index in [0.717, 1.165) is 22.2 Å². The third-order valence-electron chi connectivity index (χ3n) is 11.3. The zero-order chi connectivity index (χ0) is 32.4. The van der Waals surface area contributed by atoms with Crippen molar-refractivity contribution < 1.29 is 4.42 Å². The average molecular weight is 618 g/mol. The van der Waals surface area contributed by atoms with E-state index in [1.807, 2.05) is 0 Å². The summed E-state index contributed by atoms with van der Waals surface area (Å²) >= 11 is 0. The lowest BCUT2D eigenvalue weighted by Gasteiger charge is -2.32. The Hall–Kier alpha value is -5.60. The third kappa shape index (κ3) is 3.47. The van der Waals surface area contributed by atoms with Crippen molar-refractivity contribution in [1.82, 2.24) is 0 Å². The lowest BCUT2D eigenvalue weighted by Crippen LogP contribution is -2.17. The van der Waals surface area contributed by atoms with Crippen LogP contribution in [0.25, 0.3) is 55.0 Å². The Balaban J connectivity index is 1.38. The molecular weight excluding hydrogens is 583 g/mol. The second-order valence-corrected chi connectivity index (χ2v) is 14.5. The molecule has 1 heterocycles. The minimum absolute atomic E-state index is 0.119. The molecule has 0 bridgehead atoms. The number of nitrogens with zero attached hydrogens (tertiary/aromatic N) is 1. The van der Waals surface area contributed by atoms with Crippen LogP contribution in [0.4, 0.5) is 17.1 Å². The van der Waals surface area contributed by atoms with Crippen molar-refractivity contribution in [2.24, 2.45) is 0 Å². The Bertz CT molecular complexity index is 2530. The number of rotatable bonds is 3. The molecule has 0 spiro atoms. The van der Waals surface area contributed by atoms with E-state index in [2.05, 4.69) is 172 Å². The van der Waals surface area contributed by atoms with Crippen molar-refractivity contribution in [2.75, 3.05) is 4.90 Å². The maximum Gasteiger partial charge on any atom is 0.138 e. The molecule has 0 radical (unpaired) electrons. The van der Waals surface area contributed by atoms with Crippen LogP contribution in [0.1, 0.15) is 49.9 Å². The third-order valence-corrected chi connectivity index (χ3v) is 11.3. The Labute approximate surface area is 280 Å². The van der Waals surface area contributed by atoms with Crippen LogP contribution in [0.5, 0.6) is 0 Å². The molecule has 2 aliphatic carbocycles. The minimum Gasteiger partial charge on any atom is -0.456 e. The van der Waals surface area contributed by atoms with Crippen LogP contribution in [0.15, 0.2) is 144 Å². The first-order chi connectivity index (χ1) is 23.4. The molecule has 0 saturated heterocycles. The fourth-order valence-corrected chi connectivity index (χ4v) is 8.99. The van der Waals surface area contributed by atoms with Gasteiger partial charge in [-0.25, -0.2) is 0 Å². The van der Waals surface area contributed by atoms with Crippen molar-refractivity contribution in [2.45, 2.75) is 38.5 Å². The van der Waals surface area contributed by atoms with Crippen LogP contribution in [-0.4, -0.2) is 0 Å². The first kappa shape index (κ1) is 27.5. The fourth-order valence-electron chi connectivity index (χ4n) is 8.99. The van der Waals surface area contributed by atoms with Crippen LogP contribution in [0, 0.1) is 0 Å². The van der Waals surface area contributed by atoms with Gasteiger partial charge < -0.3 is 9.32 Å². The van der Waals surface area contributed by atoms with Gasteiger partial charge in [0.25, 0.3) is 0 Å². The van der Waals surface area contributed by atoms with E-state index in [-0.39, 0.29) is 10.8 Å². The summed E-state index contributed by atoms with van der Waals surface area (Å²) in [6.45, 7) is 9.45.